The van der Waals surface area contributed by atoms with Crippen LogP contribution >= 0.6 is 0 Å². The van der Waals surface area contributed by atoms with Crippen molar-refractivity contribution in [3.05, 3.63) is 23.9 Å². The Hall–Kier alpha value is -1.13. The first kappa shape index (κ1) is 16.2. The second-order valence-electron chi connectivity index (χ2n) is 6.13. The monoisotopic (exact) mass is 291 g/mol. The van der Waals surface area contributed by atoms with Crippen molar-refractivity contribution in [3.63, 3.8) is 0 Å². The summed E-state index contributed by atoms with van der Waals surface area (Å²) in [7, 11) is 0. The molecule has 4 nitrogen and oxygen atoms in total. The molecule has 2 rings (SSSR count). The van der Waals surface area contributed by atoms with E-state index in [0.717, 1.165) is 18.0 Å². The zero-order valence-electron chi connectivity index (χ0n) is 13.6. The van der Waals surface area contributed by atoms with Crippen LogP contribution in [0, 0.1) is 0 Å². The Balaban J connectivity index is 1.81. The predicted molar refractivity (Wildman–Crippen MR) is 86.6 cm³/mol. The number of rotatable bonds is 7. The highest BCUT2D eigenvalue weighted by Crippen LogP contribution is 2.17. The van der Waals surface area contributed by atoms with Crippen LogP contribution in [0.2, 0.25) is 0 Å². The highest BCUT2D eigenvalue weighted by molar-refractivity contribution is 5.25. The fraction of sp³-hybridized carbons (Fsp3) is 0.706. The third-order valence-corrected chi connectivity index (χ3v) is 3.91. The number of piperidine rings is 1. The van der Waals surface area contributed by atoms with E-state index in [0.29, 0.717) is 6.04 Å². The number of aromatic nitrogens is 1. The molecular formula is C17H29N3O. The van der Waals surface area contributed by atoms with Gasteiger partial charge in [-0.1, -0.05) is 13.0 Å². The van der Waals surface area contributed by atoms with Gasteiger partial charge in [0.15, 0.2) is 0 Å². The molecule has 0 aliphatic carbocycles. The van der Waals surface area contributed by atoms with Crippen molar-refractivity contribution in [1.82, 2.24) is 15.2 Å². The van der Waals surface area contributed by atoms with E-state index in [4.69, 9.17) is 4.74 Å². The van der Waals surface area contributed by atoms with Gasteiger partial charge >= 0.3 is 0 Å². The maximum atomic E-state index is 5.77. The maximum Gasteiger partial charge on any atom is 0.218 e. The minimum Gasteiger partial charge on any atom is -0.475 e. The van der Waals surface area contributed by atoms with Gasteiger partial charge in [0.2, 0.25) is 5.88 Å². The van der Waals surface area contributed by atoms with Crippen LogP contribution < -0.4 is 10.1 Å². The van der Waals surface area contributed by atoms with Crippen molar-refractivity contribution >= 4 is 0 Å². The number of ether oxygens (including phenoxy) is 1. The van der Waals surface area contributed by atoms with Crippen LogP contribution in [0.4, 0.5) is 0 Å². The summed E-state index contributed by atoms with van der Waals surface area (Å²) in [6.07, 6.45) is 5.69. The minimum absolute atomic E-state index is 0.163. The third kappa shape index (κ3) is 5.29. The molecule has 1 N–H and O–H groups in total. The first-order valence-corrected chi connectivity index (χ1v) is 8.25. The van der Waals surface area contributed by atoms with E-state index < -0.39 is 0 Å². The lowest BCUT2D eigenvalue weighted by molar-refractivity contribution is 0.196. The molecule has 1 fully saturated rings. The molecule has 0 spiro atoms. The standard InChI is InChI=1S/C17H29N3O/c1-4-10-20-11-7-16(8-12-20)19-13-15-6-5-9-18-17(15)21-14(2)3/h5-6,9,14,16,19H,4,7-8,10-13H2,1-3H3. The van der Waals surface area contributed by atoms with Gasteiger partial charge in [0.25, 0.3) is 0 Å². The van der Waals surface area contributed by atoms with E-state index in [1.807, 2.05) is 19.9 Å². The predicted octanol–water partition coefficient (Wildman–Crippen LogP) is 2.83. The van der Waals surface area contributed by atoms with Gasteiger partial charge in [0.1, 0.15) is 0 Å². The maximum absolute atomic E-state index is 5.77. The molecule has 0 bridgehead atoms. The van der Waals surface area contributed by atoms with Gasteiger partial charge in [-0.3, -0.25) is 0 Å². The van der Waals surface area contributed by atoms with Gasteiger partial charge in [-0.2, -0.15) is 0 Å². The number of likely N-dealkylation sites (tertiary alicyclic amines) is 1. The molecule has 0 amide bonds. The number of pyridine rings is 1. The Morgan fingerprint density at radius 1 is 1.38 bits per heavy atom. The van der Waals surface area contributed by atoms with Crippen molar-refractivity contribution in [2.75, 3.05) is 19.6 Å². The first-order valence-electron chi connectivity index (χ1n) is 8.25. The molecule has 1 aliphatic heterocycles. The lowest BCUT2D eigenvalue weighted by atomic mass is 10.0. The molecule has 1 aliphatic rings. The largest absolute Gasteiger partial charge is 0.475 e. The molecule has 0 radical (unpaired) electrons. The first-order chi connectivity index (χ1) is 10.2. The molecule has 21 heavy (non-hydrogen) atoms. The van der Waals surface area contributed by atoms with Crippen LogP contribution in [-0.2, 0) is 6.54 Å². The highest BCUT2D eigenvalue weighted by Gasteiger charge is 2.18. The van der Waals surface area contributed by atoms with Crippen LogP contribution in [0.1, 0.15) is 45.6 Å². The summed E-state index contributed by atoms with van der Waals surface area (Å²) in [5, 5.41) is 3.67. The summed E-state index contributed by atoms with van der Waals surface area (Å²) in [5.74, 6) is 0.767. The smallest absolute Gasteiger partial charge is 0.218 e. The van der Waals surface area contributed by atoms with E-state index in [-0.39, 0.29) is 6.10 Å². The van der Waals surface area contributed by atoms with Crippen LogP contribution in [0.15, 0.2) is 18.3 Å². The van der Waals surface area contributed by atoms with Gasteiger partial charge in [-0.05, 0) is 58.8 Å². The quantitative estimate of drug-likeness (QED) is 0.838. The number of hydrogen-bond donors (Lipinski definition) is 1. The Kier molecular flexibility index (Phi) is 6.46. The Morgan fingerprint density at radius 3 is 2.81 bits per heavy atom. The average Bonchev–Trinajstić information content (AvgIpc) is 2.48. The van der Waals surface area contributed by atoms with Crippen molar-refractivity contribution in [2.24, 2.45) is 0 Å². The normalized spacial score (nSPS) is 17.3. The van der Waals surface area contributed by atoms with Crippen molar-refractivity contribution < 1.29 is 4.74 Å². The van der Waals surface area contributed by atoms with E-state index in [2.05, 4.69) is 28.2 Å². The lowest BCUT2D eigenvalue weighted by Gasteiger charge is -2.32. The van der Waals surface area contributed by atoms with Gasteiger partial charge in [0, 0.05) is 24.3 Å². The van der Waals surface area contributed by atoms with Crippen LogP contribution in [0.5, 0.6) is 5.88 Å². The van der Waals surface area contributed by atoms with Crippen molar-refractivity contribution in [1.29, 1.82) is 0 Å². The second kappa shape index (κ2) is 8.35. The van der Waals surface area contributed by atoms with Crippen LogP contribution in [0.3, 0.4) is 0 Å². The molecule has 1 saturated heterocycles. The summed E-state index contributed by atoms with van der Waals surface area (Å²) >= 11 is 0. The molecule has 1 aromatic rings. The fourth-order valence-corrected chi connectivity index (χ4v) is 2.82. The van der Waals surface area contributed by atoms with Crippen molar-refractivity contribution in [3.8, 4) is 5.88 Å². The van der Waals surface area contributed by atoms with E-state index >= 15 is 0 Å². The molecular weight excluding hydrogens is 262 g/mol. The minimum atomic E-state index is 0.163. The average molecular weight is 291 g/mol. The van der Waals surface area contributed by atoms with Crippen molar-refractivity contribution in [2.45, 2.75) is 58.7 Å². The molecule has 4 heteroatoms. The summed E-state index contributed by atoms with van der Waals surface area (Å²) in [6, 6.07) is 4.70. The van der Waals surface area contributed by atoms with Gasteiger partial charge in [0.05, 0.1) is 6.10 Å². The molecule has 0 aromatic carbocycles. The molecule has 1 aromatic heterocycles. The highest BCUT2D eigenvalue weighted by atomic mass is 16.5. The zero-order chi connectivity index (χ0) is 15.1. The Morgan fingerprint density at radius 2 is 2.14 bits per heavy atom. The second-order valence-corrected chi connectivity index (χ2v) is 6.13. The van der Waals surface area contributed by atoms with Gasteiger partial charge in [-0.25, -0.2) is 4.98 Å². The lowest BCUT2D eigenvalue weighted by Crippen LogP contribution is -2.42. The summed E-state index contributed by atoms with van der Waals surface area (Å²) in [4.78, 5) is 6.91. The molecule has 0 unspecified atom stereocenters. The summed E-state index contributed by atoms with van der Waals surface area (Å²) < 4.78 is 5.77. The number of nitrogens with one attached hydrogen (secondary N) is 1. The number of hydrogen-bond acceptors (Lipinski definition) is 4. The van der Waals surface area contributed by atoms with Crippen LogP contribution in [0.25, 0.3) is 0 Å². The van der Waals surface area contributed by atoms with Gasteiger partial charge in [-0.15, -0.1) is 0 Å². The summed E-state index contributed by atoms with van der Waals surface area (Å²) in [5.41, 5.74) is 1.15. The third-order valence-electron chi connectivity index (χ3n) is 3.91. The Bertz CT molecular complexity index is 414. The number of nitrogens with zero attached hydrogens (tertiary/aromatic N) is 2. The van der Waals surface area contributed by atoms with Gasteiger partial charge < -0.3 is 15.0 Å². The topological polar surface area (TPSA) is 37.4 Å². The Labute approximate surface area is 128 Å². The van der Waals surface area contributed by atoms with E-state index in [1.54, 1.807) is 6.20 Å². The molecule has 0 atom stereocenters. The fourth-order valence-electron chi connectivity index (χ4n) is 2.82. The van der Waals surface area contributed by atoms with E-state index in [9.17, 15) is 0 Å². The van der Waals surface area contributed by atoms with Crippen LogP contribution in [-0.4, -0.2) is 41.7 Å². The molecule has 118 valence electrons. The molecule has 0 saturated carbocycles. The zero-order valence-corrected chi connectivity index (χ0v) is 13.6. The SMILES string of the molecule is CCCN1CCC(NCc2cccnc2OC(C)C)CC1. The molecule has 2 heterocycles. The summed E-state index contributed by atoms with van der Waals surface area (Å²) in [6.45, 7) is 10.8. The van der Waals surface area contributed by atoms with E-state index in [1.165, 1.54) is 38.9 Å².